The van der Waals surface area contributed by atoms with Crippen LogP contribution < -0.4 is 10.6 Å². The van der Waals surface area contributed by atoms with Crippen molar-refractivity contribution in [1.29, 1.82) is 0 Å². The second-order valence-corrected chi connectivity index (χ2v) is 8.24. The molecular formula is C21H34ClIN4O. The fraction of sp³-hybridized carbons (Fsp3) is 0.667. The maximum Gasteiger partial charge on any atom is 0.191 e. The van der Waals surface area contributed by atoms with E-state index in [1.54, 1.807) is 0 Å². The number of likely N-dealkylation sites (tertiary alicyclic amines) is 1. The molecule has 2 atom stereocenters. The maximum atomic E-state index is 10.00. The van der Waals surface area contributed by atoms with E-state index in [1.165, 1.54) is 5.56 Å². The highest BCUT2D eigenvalue weighted by Crippen LogP contribution is 2.25. The molecule has 5 nitrogen and oxygen atoms in total. The first kappa shape index (κ1) is 23.7. The first-order chi connectivity index (χ1) is 13.1. The lowest BCUT2D eigenvalue weighted by molar-refractivity contribution is 0.136. The zero-order valence-electron chi connectivity index (χ0n) is 16.7. The van der Waals surface area contributed by atoms with Gasteiger partial charge in [-0.3, -0.25) is 9.89 Å². The molecule has 0 spiro atoms. The van der Waals surface area contributed by atoms with Crippen molar-refractivity contribution >= 4 is 41.5 Å². The molecule has 2 aliphatic rings. The summed E-state index contributed by atoms with van der Waals surface area (Å²) in [5.41, 5.74) is 1.32. The fourth-order valence-electron chi connectivity index (χ4n) is 4.04. The van der Waals surface area contributed by atoms with Gasteiger partial charge in [-0.25, -0.2) is 0 Å². The summed E-state index contributed by atoms with van der Waals surface area (Å²) in [6, 6.07) is 8.61. The Balaban J connectivity index is 0.00000280. The smallest absolute Gasteiger partial charge is 0.191 e. The number of halogens is 2. The molecule has 1 saturated heterocycles. The van der Waals surface area contributed by atoms with Gasteiger partial charge in [-0.1, -0.05) is 30.2 Å². The van der Waals surface area contributed by atoms with Gasteiger partial charge < -0.3 is 15.7 Å². The number of benzene rings is 1. The van der Waals surface area contributed by atoms with Crippen LogP contribution in [0.25, 0.3) is 0 Å². The molecule has 28 heavy (non-hydrogen) atoms. The van der Waals surface area contributed by atoms with Gasteiger partial charge in [-0.15, -0.1) is 24.0 Å². The Hall–Kier alpha value is -0.570. The van der Waals surface area contributed by atoms with Gasteiger partial charge in [0.1, 0.15) is 0 Å². The lowest BCUT2D eigenvalue weighted by atomic mass is 10.0. The normalized spacial score (nSPS) is 24.0. The summed E-state index contributed by atoms with van der Waals surface area (Å²) in [5.74, 6) is 1.22. The lowest BCUT2D eigenvalue weighted by Crippen LogP contribution is -2.48. The summed E-state index contributed by atoms with van der Waals surface area (Å²) in [7, 11) is 0. The highest BCUT2D eigenvalue weighted by Gasteiger charge is 2.25. The molecule has 0 bridgehead atoms. The van der Waals surface area contributed by atoms with E-state index >= 15 is 0 Å². The van der Waals surface area contributed by atoms with Gasteiger partial charge in [0.05, 0.1) is 6.10 Å². The van der Waals surface area contributed by atoms with Gasteiger partial charge >= 0.3 is 0 Å². The van der Waals surface area contributed by atoms with Crippen LogP contribution in [0, 0.1) is 5.92 Å². The molecule has 1 aliphatic heterocycles. The summed E-state index contributed by atoms with van der Waals surface area (Å²) in [4.78, 5) is 7.24. The van der Waals surface area contributed by atoms with Gasteiger partial charge in [-0.05, 0) is 50.3 Å². The van der Waals surface area contributed by atoms with Crippen LogP contribution in [-0.4, -0.2) is 54.3 Å². The Kier molecular flexibility index (Phi) is 10.3. The summed E-state index contributed by atoms with van der Waals surface area (Å²) < 4.78 is 0. The number of hydrogen-bond donors (Lipinski definition) is 3. The minimum atomic E-state index is -0.173. The highest BCUT2D eigenvalue weighted by molar-refractivity contribution is 14.0. The van der Waals surface area contributed by atoms with Crippen LogP contribution in [-0.2, 0) is 6.54 Å². The van der Waals surface area contributed by atoms with Crippen LogP contribution in [0.15, 0.2) is 29.3 Å². The molecule has 1 saturated carbocycles. The van der Waals surface area contributed by atoms with Crippen LogP contribution in [0.3, 0.4) is 0 Å². The van der Waals surface area contributed by atoms with E-state index in [-0.39, 0.29) is 30.1 Å². The average molecular weight is 521 g/mol. The van der Waals surface area contributed by atoms with Gasteiger partial charge in [0.15, 0.2) is 5.96 Å². The van der Waals surface area contributed by atoms with Crippen molar-refractivity contribution < 1.29 is 5.11 Å². The quantitative estimate of drug-likeness (QED) is 0.305. The second-order valence-electron chi connectivity index (χ2n) is 7.80. The molecule has 1 aliphatic carbocycles. The molecule has 1 heterocycles. The number of aliphatic imine (C=N–C) groups is 1. The predicted octanol–water partition coefficient (Wildman–Crippen LogP) is 3.64. The van der Waals surface area contributed by atoms with E-state index < -0.39 is 0 Å². The zero-order chi connectivity index (χ0) is 19.1. The van der Waals surface area contributed by atoms with E-state index in [0.717, 1.165) is 69.3 Å². The first-order valence-corrected chi connectivity index (χ1v) is 10.7. The standard InChI is InChI=1S/C21H33ClN4O.HI/c1-2-23-21(24-14-17-4-3-5-20(17)27)25-19-10-12-26(13-11-19)15-16-6-8-18(22)9-7-16;/h6-9,17,19-20,27H,2-5,10-15H2,1H3,(H2,23,24,25);1H. The molecule has 1 aromatic carbocycles. The fourth-order valence-corrected chi connectivity index (χ4v) is 4.16. The number of piperidine rings is 1. The third kappa shape index (κ3) is 7.35. The van der Waals surface area contributed by atoms with Crippen molar-refractivity contribution in [2.75, 3.05) is 26.2 Å². The van der Waals surface area contributed by atoms with Gasteiger partial charge in [-0.2, -0.15) is 0 Å². The Morgan fingerprint density at radius 2 is 1.89 bits per heavy atom. The molecule has 1 aromatic rings. The summed E-state index contributed by atoms with van der Waals surface area (Å²) >= 11 is 5.97. The van der Waals surface area contributed by atoms with Gasteiger partial charge in [0.2, 0.25) is 0 Å². The van der Waals surface area contributed by atoms with Crippen LogP contribution in [0.2, 0.25) is 5.02 Å². The molecule has 0 radical (unpaired) electrons. The number of rotatable bonds is 6. The summed E-state index contributed by atoms with van der Waals surface area (Å²) in [6.45, 7) is 6.82. The van der Waals surface area contributed by atoms with Crippen molar-refractivity contribution in [1.82, 2.24) is 15.5 Å². The molecule has 0 amide bonds. The Morgan fingerprint density at radius 1 is 1.18 bits per heavy atom. The van der Waals surface area contributed by atoms with Crippen molar-refractivity contribution in [3.8, 4) is 0 Å². The number of aliphatic hydroxyl groups is 1. The van der Waals surface area contributed by atoms with Crippen LogP contribution >= 0.6 is 35.6 Å². The SMILES string of the molecule is CCNC(=NCC1CCCC1O)NC1CCN(Cc2ccc(Cl)cc2)CC1.I. The Morgan fingerprint density at radius 3 is 2.50 bits per heavy atom. The Labute approximate surface area is 191 Å². The first-order valence-electron chi connectivity index (χ1n) is 10.3. The molecule has 7 heteroatoms. The summed E-state index contributed by atoms with van der Waals surface area (Å²) in [5, 5.41) is 17.7. The molecule has 3 N–H and O–H groups in total. The number of aliphatic hydroxyl groups excluding tert-OH is 1. The third-order valence-electron chi connectivity index (χ3n) is 5.69. The van der Waals surface area contributed by atoms with E-state index in [0.29, 0.717) is 18.5 Å². The number of guanidine groups is 1. The van der Waals surface area contributed by atoms with Crippen LogP contribution in [0.5, 0.6) is 0 Å². The number of nitrogens with one attached hydrogen (secondary N) is 2. The topological polar surface area (TPSA) is 59.9 Å². The van der Waals surface area contributed by atoms with Gasteiger partial charge in [0, 0.05) is 49.7 Å². The van der Waals surface area contributed by atoms with E-state index in [4.69, 9.17) is 16.6 Å². The van der Waals surface area contributed by atoms with Crippen molar-refractivity contribution in [3.05, 3.63) is 34.9 Å². The van der Waals surface area contributed by atoms with Crippen LogP contribution in [0.4, 0.5) is 0 Å². The molecule has 2 fully saturated rings. The van der Waals surface area contributed by atoms with Crippen molar-refractivity contribution in [3.63, 3.8) is 0 Å². The minimum absolute atomic E-state index is 0. The molecule has 0 aromatic heterocycles. The number of hydrogen-bond acceptors (Lipinski definition) is 3. The Bertz CT molecular complexity index is 605. The second kappa shape index (κ2) is 12.2. The monoisotopic (exact) mass is 520 g/mol. The maximum absolute atomic E-state index is 10.00. The molecule has 158 valence electrons. The average Bonchev–Trinajstić information content (AvgIpc) is 3.08. The van der Waals surface area contributed by atoms with Gasteiger partial charge in [0.25, 0.3) is 0 Å². The number of nitrogens with zero attached hydrogens (tertiary/aromatic N) is 2. The van der Waals surface area contributed by atoms with E-state index in [2.05, 4.69) is 34.6 Å². The minimum Gasteiger partial charge on any atom is -0.393 e. The molecular weight excluding hydrogens is 487 g/mol. The molecule has 2 unspecified atom stereocenters. The zero-order valence-corrected chi connectivity index (χ0v) is 19.8. The predicted molar refractivity (Wildman–Crippen MR) is 128 cm³/mol. The summed E-state index contributed by atoms with van der Waals surface area (Å²) in [6.07, 6.45) is 5.20. The van der Waals surface area contributed by atoms with Crippen molar-refractivity contribution in [2.24, 2.45) is 10.9 Å². The molecule has 3 rings (SSSR count). The van der Waals surface area contributed by atoms with Crippen molar-refractivity contribution in [2.45, 2.75) is 57.7 Å². The largest absolute Gasteiger partial charge is 0.393 e. The lowest BCUT2D eigenvalue weighted by Gasteiger charge is -2.33. The van der Waals surface area contributed by atoms with E-state index in [1.807, 2.05) is 12.1 Å². The van der Waals surface area contributed by atoms with E-state index in [9.17, 15) is 5.11 Å². The van der Waals surface area contributed by atoms with Crippen LogP contribution in [0.1, 0.15) is 44.6 Å². The third-order valence-corrected chi connectivity index (χ3v) is 5.95. The highest BCUT2D eigenvalue weighted by atomic mass is 127.